The van der Waals surface area contributed by atoms with Crippen molar-refractivity contribution < 1.29 is 13.2 Å². The third-order valence-electron chi connectivity index (χ3n) is 3.26. The van der Waals surface area contributed by atoms with Crippen molar-refractivity contribution in [2.24, 2.45) is 0 Å². The van der Waals surface area contributed by atoms with E-state index in [1.54, 1.807) is 12.3 Å². The lowest BCUT2D eigenvalue weighted by molar-refractivity contribution is 0.227. The Hall–Kier alpha value is -1.61. The summed E-state index contributed by atoms with van der Waals surface area (Å²) in [6, 6.07) is 1.54. The summed E-state index contributed by atoms with van der Waals surface area (Å²) in [5.41, 5.74) is 0.826. The molecular formula is C11H19N5O3S. The Morgan fingerprint density at radius 3 is 2.75 bits per heavy atom. The first-order chi connectivity index (χ1) is 9.45. The fourth-order valence-electron chi connectivity index (χ4n) is 2.13. The molecule has 1 aromatic rings. The highest BCUT2D eigenvalue weighted by atomic mass is 32.2. The van der Waals surface area contributed by atoms with Crippen LogP contribution in [-0.2, 0) is 16.6 Å². The Morgan fingerprint density at radius 1 is 1.50 bits per heavy atom. The number of aromatic nitrogens is 2. The summed E-state index contributed by atoms with van der Waals surface area (Å²) in [6.45, 7) is 1.28. The zero-order chi connectivity index (χ0) is 14.6. The molecule has 1 saturated heterocycles. The summed E-state index contributed by atoms with van der Waals surface area (Å²) in [6.07, 6.45) is 4.09. The summed E-state index contributed by atoms with van der Waals surface area (Å²) in [5, 5.41) is 12.1. The van der Waals surface area contributed by atoms with Gasteiger partial charge in [0.2, 0.25) is 10.0 Å². The molecule has 1 fully saturated rings. The third-order valence-corrected chi connectivity index (χ3v) is 4.56. The normalized spacial score (nSPS) is 17.9. The summed E-state index contributed by atoms with van der Waals surface area (Å²) < 4.78 is 24.2. The van der Waals surface area contributed by atoms with E-state index >= 15 is 0 Å². The number of nitrogens with one attached hydrogen (secondary N) is 3. The van der Waals surface area contributed by atoms with Gasteiger partial charge in [0.25, 0.3) is 0 Å². The third kappa shape index (κ3) is 4.20. The number of amides is 2. The number of carbonyl (C=O) groups is 1. The highest BCUT2D eigenvalue weighted by Crippen LogP contribution is 2.12. The molecule has 0 saturated carbocycles. The molecule has 1 aromatic heterocycles. The van der Waals surface area contributed by atoms with Crippen LogP contribution in [0, 0.1) is 0 Å². The van der Waals surface area contributed by atoms with E-state index < -0.39 is 10.0 Å². The van der Waals surface area contributed by atoms with Gasteiger partial charge >= 0.3 is 6.03 Å². The summed E-state index contributed by atoms with van der Waals surface area (Å²) in [4.78, 5) is 11.7. The zero-order valence-electron chi connectivity index (χ0n) is 11.3. The maximum atomic E-state index is 11.7. The second kappa shape index (κ2) is 6.23. The number of hydrogen-bond donors (Lipinski definition) is 3. The van der Waals surface area contributed by atoms with Gasteiger partial charge in [-0.05, 0) is 18.9 Å². The van der Waals surface area contributed by atoms with E-state index in [9.17, 15) is 13.2 Å². The number of sulfonamides is 1. The molecule has 0 radical (unpaired) electrons. The van der Waals surface area contributed by atoms with Gasteiger partial charge in [0.05, 0.1) is 18.5 Å². The monoisotopic (exact) mass is 301 g/mol. The van der Waals surface area contributed by atoms with E-state index in [4.69, 9.17) is 0 Å². The van der Waals surface area contributed by atoms with Crippen LogP contribution in [0.15, 0.2) is 12.3 Å². The Bertz CT molecular complexity index is 534. The van der Waals surface area contributed by atoms with Crippen LogP contribution in [0.1, 0.15) is 18.5 Å². The van der Waals surface area contributed by atoms with E-state index in [2.05, 4.69) is 20.8 Å². The molecule has 8 nitrogen and oxygen atoms in total. The van der Waals surface area contributed by atoms with Crippen molar-refractivity contribution in [3.63, 3.8) is 0 Å². The molecular weight excluding hydrogens is 282 g/mol. The topological polar surface area (TPSA) is 107 Å². The van der Waals surface area contributed by atoms with Crippen LogP contribution < -0.4 is 10.6 Å². The maximum Gasteiger partial charge on any atom is 0.315 e. The van der Waals surface area contributed by atoms with Crippen LogP contribution in [0.5, 0.6) is 0 Å². The van der Waals surface area contributed by atoms with Gasteiger partial charge in [-0.25, -0.2) is 17.5 Å². The Balaban J connectivity index is 1.71. The standard InChI is InChI=1S/C11H19N5O3S/c1-20(18,19)16-6-3-9(4-7-16)14-11(17)12-8-10-2-5-13-15-10/h2,5,9H,3-4,6-8H2,1H3,(H,13,15)(H2,12,14,17). The molecule has 1 aliphatic rings. The van der Waals surface area contributed by atoms with E-state index in [0.717, 1.165) is 5.69 Å². The van der Waals surface area contributed by atoms with Crippen molar-refractivity contribution in [1.82, 2.24) is 25.1 Å². The molecule has 2 amide bonds. The SMILES string of the molecule is CS(=O)(=O)N1CCC(NC(=O)NCc2ccn[nH]2)CC1. The summed E-state index contributed by atoms with van der Waals surface area (Å²) >= 11 is 0. The largest absolute Gasteiger partial charge is 0.335 e. The van der Waals surface area contributed by atoms with Gasteiger partial charge in [0, 0.05) is 25.3 Å². The number of hydrogen-bond acceptors (Lipinski definition) is 4. The number of aromatic amines is 1. The van der Waals surface area contributed by atoms with Gasteiger partial charge in [-0.3, -0.25) is 5.10 Å². The molecule has 0 bridgehead atoms. The molecule has 1 aliphatic heterocycles. The zero-order valence-corrected chi connectivity index (χ0v) is 12.1. The predicted molar refractivity (Wildman–Crippen MR) is 73.4 cm³/mol. The summed E-state index contributed by atoms with van der Waals surface area (Å²) in [5.74, 6) is 0. The Morgan fingerprint density at radius 2 is 2.20 bits per heavy atom. The molecule has 0 aliphatic carbocycles. The number of H-pyrrole nitrogens is 1. The number of piperidine rings is 1. The first kappa shape index (κ1) is 14.8. The fraction of sp³-hybridized carbons (Fsp3) is 0.636. The highest BCUT2D eigenvalue weighted by molar-refractivity contribution is 7.88. The second-order valence-corrected chi connectivity index (χ2v) is 6.83. The van der Waals surface area contributed by atoms with E-state index in [1.807, 2.05) is 0 Å². The molecule has 20 heavy (non-hydrogen) atoms. The lowest BCUT2D eigenvalue weighted by Crippen LogP contribution is -2.48. The Kier molecular flexibility index (Phi) is 4.61. The predicted octanol–water partition coefficient (Wildman–Crippen LogP) is -0.367. The fourth-order valence-corrected chi connectivity index (χ4v) is 3.00. The average molecular weight is 301 g/mol. The molecule has 2 heterocycles. The molecule has 3 N–H and O–H groups in total. The lowest BCUT2D eigenvalue weighted by atomic mass is 10.1. The summed E-state index contributed by atoms with van der Waals surface area (Å²) in [7, 11) is -3.12. The van der Waals surface area contributed by atoms with Crippen molar-refractivity contribution in [2.45, 2.75) is 25.4 Å². The van der Waals surface area contributed by atoms with Gasteiger partial charge < -0.3 is 10.6 Å². The van der Waals surface area contributed by atoms with Gasteiger partial charge in [0.15, 0.2) is 0 Å². The van der Waals surface area contributed by atoms with Crippen molar-refractivity contribution in [1.29, 1.82) is 0 Å². The minimum Gasteiger partial charge on any atom is -0.335 e. The minimum absolute atomic E-state index is 0.00904. The molecule has 0 atom stereocenters. The van der Waals surface area contributed by atoms with Crippen molar-refractivity contribution in [3.8, 4) is 0 Å². The van der Waals surface area contributed by atoms with E-state index in [0.29, 0.717) is 32.5 Å². The van der Waals surface area contributed by atoms with Gasteiger partial charge in [0.1, 0.15) is 0 Å². The smallest absolute Gasteiger partial charge is 0.315 e. The number of urea groups is 1. The van der Waals surface area contributed by atoms with Crippen LogP contribution in [0.4, 0.5) is 4.79 Å². The average Bonchev–Trinajstić information content (AvgIpc) is 2.89. The van der Waals surface area contributed by atoms with Gasteiger partial charge in [-0.2, -0.15) is 5.10 Å². The first-order valence-electron chi connectivity index (χ1n) is 6.43. The second-order valence-electron chi connectivity index (χ2n) is 4.85. The van der Waals surface area contributed by atoms with Gasteiger partial charge in [-0.15, -0.1) is 0 Å². The molecule has 2 rings (SSSR count). The van der Waals surface area contributed by atoms with E-state index in [-0.39, 0.29) is 12.1 Å². The molecule has 0 spiro atoms. The van der Waals surface area contributed by atoms with Crippen LogP contribution in [-0.4, -0.2) is 54.3 Å². The molecule has 112 valence electrons. The molecule has 9 heteroatoms. The minimum atomic E-state index is -3.12. The van der Waals surface area contributed by atoms with Crippen LogP contribution >= 0.6 is 0 Å². The number of carbonyl (C=O) groups excluding carboxylic acids is 1. The first-order valence-corrected chi connectivity index (χ1v) is 8.28. The van der Waals surface area contributed by atoms with Crippen LogP contribution in [0.2, 0.25) is 0 Å². The number of rotatable bonds is 4. The Labute approximate surface area is 118 Å². The maximum absolute atomic E-state index is 11.7. The van der Waals surface area contributed by atoms with Crippen LogP contribution in [0.25, 0.3) is 0 Å². The highest BCUT2D eigenvalue weighted by Gasteiger charge is 2.25. The van der Waals surface area contributed by atoms with Crippen LogP contribution in [0.3, 0.4) is 0 Å². The van der Waals surface area contributed by atoms with Gasteiger partial charge in [-0.1, -0.05) is 0 Å². The quantitative estimate of drug-likeness (QED) is 0.705. The van der Waals surface area contributed by atoms with E-state index in [1.165, 1.54) is 10.6 Å². The molecule has 0 unspecified atom stereocenters. The van der Waals surface area contributed by atoms with Crippen molar-refractivity contribution in [2.75, 3.05) is 19.3 Å². The molecule has 0 aromatic carbocycles. The van der Waals surface area contributed by atoms with Crippen molar-refractivity contribution >= 4 is 16.1 Å². The number of nitrogens with zero attached hydrogens (tertiary/aromatic N) is 2. The van der Waals surface area contributed by atoms with Crippen molar-refractivity contribution in [3.05, 3.63) is 18.0 Å². The lowest BCUT2D eigenvalue weighted by Gasteiger charge is -2.30.